The summed E-state index contributed by atoms with van der Waals surface area (Å²) in [5.74, 6) is -0.287. The van der Waals surface area contributed by atoms with E-state index in [0.29, 0.717) is 29.2 Å². The fourth-order valence-electron chi connectivity index (χ4n) is 1.94. The number of nitrogens with one attached hydrogen (secondary N) is 1. The van der Waals surface area contributed by atoms with Crippen LogP contribution < -0.4 is 10.1 Å². The molecule has 0 aliphatic rings. The molecule has 5 nitrogen and oxygen atoms in total. The molecule has 0 unspecified atom stereocenters. The van der Waals surface area contributed by atoms with Crippen LogP contribution in [0.5, 0.6) is 5.75 Å². The zero-order valence-corrected chi connectivity index (χ0v) is 12.7. The Labute approximate surface area is 134 Å². The first-order chi connectivity index (χ1) is 11.2. The van der Waals surface area contributed by atoms with Crippen molar-refractivity contribution in [2.24, 2.45) is 0 Å². The van der Waals surface area contributed by atoms with Crippen LogP contribution >= 0.6 is 0 Å². The Balaban J connectivity index is 2.19. The molecular formula is C18H17NO4. The van der Waals surface area contributed by atoms with Gasteiger partial charge in [-0.2, -0.15) is 0 Å². The largest absolute Gasteiger partial charge is 0.487 e. The van der Waals surface area contributed by atoms with Gasteiger partial charge in [0, 0.05) is 5.56 Å². The summed E-state index contributed by atoms with van der Waals surface area (Å²) in [4.78, 5) is 23.9. The van der Waals surface area contributed by atoms with Crippen LogP contribution in [-0.2, 0) is 4.74 Å². The number of amides is 1. The van der Waals surface area contributed by atoms with Gasteiger partial charge in [0.15, 0.2) is 0 Å². The predicted octanol–water partition coefficient (Wildman–Crippen LogP) is 3.29. The van der Waals surface area contributed by atoms with E-state index in [1.54, 1.807) is 42.5 Å². The van der Waals surface area contributed by atoms with Crippen LogP contribution in [0.2, 0.25) is 0 Å². The maximum absolute atomic E-state index is 12.4. The van der Waals surface area contributed by atoms with E-state index < -0.39 is 5.97 Å². The Hall–Kier alpha value is -3.08. The van der Waals surface area contributed by atoms with Crippen LogP contribution in [0.25, 0.3) is 0 Å². The molecule has 0 bridgehead atoms. The van der Waals surface area contributed by atoms with Gasteiger partial charge in [0.05, 0.1) is 18.4 Å². The molecule has 0 fully saturated rings. The van der Waals surface area contributed by atoms with E-state index >= 15 is 0 Å². The average Bonchev–Trinajstić information content (AvgIpc) is 2.60. The van der Waals surface area contributed by atoms with Crippen molar-refractivity contribution in [2.75, 3.05) is 19.0 Å². The first-order valence-corrected chi connectivity index (χ1v) is 6.98. The van der Waals surface area contributed by atoms with Gasteiger partial charge in [0.25, 0.3) is 5.91 Å². The molecule has 2 rings (SSSR count). The van der Waals surface area contributed by atoms with Crippen LogP contribution in [0.1, 0.15) is 20.7 Å². The van der Waals surface area contributed by atoms with E-state index in [2.05, 4.69) is 16.6 Å². The van der Waals surface area contributed by atoms with Gasteiger partial charge in [-0.15, -0.1) is 0 Å². The standard InChI is InChI=1S/C18H17NO4/c1-3-11-23-16-10-5-4-9-15(16)19-17(20)13-7-6-8-14(12-13)18(21)22-2/h3-10,12H,1,11H2,2H3,(H,19,20). The van der Waals surface area contributed by atoms with E-state index in [-0.39, 0.29) is 5.91 Å². The number of rotatable bonds is 6. The second-order valence-corrected chi connectivity index (χ2v) is 4.62. The second-order valence-electron chi connectivity index (χ2n) is 4.62. The van der Waals surface area contributed by atoms with Crippen LogP contribution in [0.4, 0.5) is 5.69 Å². The van der Waals surface area contributed by atoms with E-state index in [1.165, 1.54) is 13.2 Å². The Morgan fingerprint density at radius 1 is 1.13 bits per heavy atom. The lowest BCUT2D eigenvalue weighted by atomic mass is 10.1. The fraction of sp³-hybridized carbons (Fsp3) is 0.111. The zero-order valence-electron chi connectivity index (χ0n) is 12.7. The monoisotopic (exact) mass is 311 g/mol. The molecule has 23 heavy (non-hydrogen) atoms. The summed E-state index contributed by atoms with van der Waals surface area (Å²) in [6.07, 6.45) is 1.62. The average molecular weight is 311 g/mol. The molecule has 1 N–H and O–H groups in total. The van der Waals surface area contributed by atoms with Gasteiger partial charge in [0.2, 0.25) is 0 Å². The lowest BCUT2D eigenvalue weighted by Gasteiger charge is -2.11. The number of anilines is 1. The highest BCUT2D eigenvalue weighted by molar-refractivity contribution is 6.06. The number of methoxy groups -OCH3 is 1. The quantitative estimate of drug-likeness (QED) is 0.657. The van der Waals surface area contributed by atoms with Gasteiger partial charge in [-0.3, -0.25) is 4.79 Å². The molecule has 0 atom stereocenters. The van der Waals surface area contributed by atoms with Crippen LogP contribution in [0.3, 0.4) is 0 Å². The highest BCUT2D eigenvalue weighted by Crippen LogP contribution is 2.24. The third-order valence-corrected chi connectivity index (χ3v) is 3.04. The molecular weight excluding hydrogens is 294 g/mol. The Morgan fingerprint density at radius 3 is 2.61 bits per heavy atom. The predicted molar refractivity (Wildman–Crippen MR) is 87.9 cm³/mol. The molecule has 0 spiro atoms. The number of carbonyl (C=O) groups is 2. The van der Waals surface area contributed by atoms with Gasteiger partial charge in [-0.1, -0.05) is 30.9 Å². The molecule has 0 aromatic heterocycles. The van der Waals surface area contributed by atoms with Crippen molar-refractivity contribution in [3.05, 3.63) is 72.3 Å². The smallest absolute Gasteiger partial charge is 0.337 e. The fourth-order valence-corrected chi connectivity index (χ4v) is 1.94. The molecule has 1 amide bonds. The highest BCUT2D eigenvalue weighted by Gasteiger charge is 2.12. The van der Waals surface area contributed by atoms with Crippen molar-refractivity contribution in [1.29, 1.82) is 0 Å². The molecule has 5 heteroatoms. The Morgan fingerprint density at radius 2 is 1.87 bits per heavy atom. The van der Waals surface area contributed by atoms with Crippen molar-refractivity contribution >= 4 is 17.6 Å². The van der Waals surface area contributed by atoms with Gasteiger partial charge >= 0.3 is 5.97 Å². The topological polar surface area (TPSA) is 64.6 Å². The van der Waals surface area contributed by atoms with Crippen molar-refractivity contribution in [2.45, 2.75) is 0 Å². The van der Waals surface area contributed by atoms with E-state index in [1.807, 2.05) is 6.07 Å². The third-order valence-electron chi connectivity index (χ3n) is 3.04. The van der Waals surface area contributed by atoms with Crippen LogP contribution in [0, 0.1) is 0 Å². The number of hydrogen-bond donors (Lipinski definition) is 1. The van der Waals surface area contributed by atoms with Gasteiger partial charge in [0.1, 0.15) is 12.4 Å². The number of hydrogen-bond acceptors (Lipinski definition) is 4. The summed E-state index contributed by atoms with van der Waals surface area (Å²) in [5, 5.41) is 2.77. The maximum atomic E-state index is 12.4. The molecule has 2 aromatic carbocycles. The minimum atomic E-state index is -0.491. The lowest BCUT2D eigenvalue weighted by molar-refractivity contribution is 0.0600. The van der Waals surface area contributed by atoms with Gasteiger partial charge in [-0.05, 0) is 30.3 Å². The summed E-state index contributed by atoms with van der Waals surface area (Å²) in [7, 11) is 1.29. The van der Waals surface area contributed by atoms with Crippen molar-refractivity contribution in [1.82, 2.24) is 0 Å². The summed E-state index contributed by atoms with van der Waals surface area (Å²) >= 11 is 0. The molecule has 0 aliphatic carbocycles. The minimum Gasteiger partial charge on any atom is -0.487 e. The molecule has 0 aliphatic heterocycles. The third kappa shape index (κ3) is 4.20. The van der Waals surface area contributed by atoms with E-state index in [4.69, 9.17) is 4.74 Å². The summed E-state index contributed by atoms with van der Waals surface area (Å²) in [5.41, 5.74) is 1.21. The summed E-state index contributed by atoms with van der Waals surface area (Å²) in [6, 6.07) is 13.4. The Kier molecular flexibility index (Phi) is 5.52. The highest BCUT2D eigenvalue weighted by atomic mass is 16.5. The van der Waals surface area contributed by atoms with Gasteiger partial charge < -0.3 is 14.8 Å². The summed E-state index contributed by atoms with van der Waals surface area (Å²) < 4.78 is 10.1. The Bertz CT molecular complexity index is 724. The molecule has 0 radical (unpaired) electrons. The summed E-state index contributed by atoms with van der Waals surface area (Å²) in [6.45, 7) is 3.93. The minimum absolute atomic E-state index is 0.316. The number of carbonyl (C=O) groups excluding carboxylic acids is 2. The maximum Gasteiger partial charge on any atom is 0.337 e. The first-order valence-electron chi connectivity index (χ1n) is 6.98. The molecule has 0 heterocycles. The molecule has 0 saturated heterocycles. The van der Waals surface area contributed by atoms with E-state index in [9.17, 15) is 9.59 Å². The number of benzene rings is 2. The number of esters is 1. The van der Waals surface area contributed by atoms with Crippen LogP contribution in [-0.4, -0.2) is 25.6 Å². The zero-order chi connectivity index (χ0) is 16.7. The first kappa shape index (κ1) is 16.3. The molecule has 118 valence electrons. The SMILES string of the molecule is C=CCOc1ccccc1NC(=O)c1cccc(C(=O)OC)c1. The number of para-hydroxylation sites is 2. The van der Waals surface area contributed by atoms with Crippen LogP contribution in [0.15, 0.2) is 61.2 Å². The second kappa shape index (κ2) is 7.79. The van der Waals surface area contributed by atoms with E-state index in [0.717, 1.165) is 0 Å². The van der Waals surface area contributed by atoms with Crippen molar-refractivity contribution in [3.63, 3.8) is 0 Å². The van der Waals surface area contributed by atoms with Crippen molar-refractivity contribution in [3.8, 4) is 5.75 Å². The molecule has 0 saturated carbocycles. The van der Waals surface area contributed by atoms with Gasteiger partial charge in [-0.25, -0.2) is 4.79 Å². The lowest BCUT2D eigenvalue weighted by Crippen LogP contribution is -2.14. The normalized spacial score (nSPS) is 9.78. The number of ether oxygens (including phenoxy) is 2. The molecule has 2 aromatic rings. The van der Waals surface area contributed by atoms with Crippen molar-refractivity contribution < 1.29 is 19.1 Å².